The third kappa shape index (κ3) is 12.6. The van der Waals surface area contributed by atoms with Gasteiger partial charge < -0.3 is 91.3 Å². The Hall–Kier alpha value is -0.360. The fourth-order valence-corrected chi connectivity index (χ4v) is 2.13. The van der Waals surface area contributed by atoms with Crippen molar-refractivity contribution in [1.29, 1.82) is 0 Å². The normalized spacial score (nSPS) is 21.7. The van der Waals surface area contributed by atoms with E-state index in [1.54, 1.807) is 0 Å². The molecule has 12 atom stereocenters. The second-order valence-electron chi connectivity index (χ2n) is 6.95. The Morgan fingerprint density at radius 2 is 0.657 bits per heavy atom. The second-order valence-corrected chi connectivity index (χ2v) is 6.95. The van der Waals surface area contributed by atoms with E-state index < -0.39 is 98.4 Å². The molecule has 19 heteroatoms. The maximum Gasteiger partial charge on any atom is 2.00 e. The summed E-state index contributed by atoms with van der Waals surface area (Å²) in [6, 6.07) is 0. The van der Waals surface area contributed by atoms with Gasteiger partial charge in [-0.2, -0.15) is 0 Å². The second kappa shape index (κ2) is 18.8. The van der Waals surface area contributed by atoms with E-state index in [1.807, 2.05) is 0 Å². The van der Waals surface area contributed by atoms with E-state index in [2.05, 4.69) is 0 Å². The number of carbonyl (C=O) groups is 2. The van der Waals surface area contributed by atoms with Gasteiger partial charge in [0, 0.05) is 0 Å². The van der Waals surface area contributed by atoms with Crippen LogP contribution in [-0.2, 0) is 9.59 Å². The van der Waals surface area contributed by atoms with E-state index >= 15 is 0 Å². The molecule has 0 unspecified atom stereocenters. The number of carbonyl (C=O) groups excluding carboxylic acids is 2. The molecule has 0 aliphatic carbocycles. The first-order valence-electron chi connectivity index (χ1n) is 9.27. The van der Waals surface area contributed by atoms with Crippen molar-refractivity contribution in [3.8, 4) is 0 Å². The van der Waals surface area contributed by atoms with Gasteiger partial charge in [0.15, 0.2) is 0 Å². The minimum absolute atomic E-state index is 0. The molecule has 0 saturated heterocycles. The van der Waals surface area contributed by atoms with E-state index in [9.17, 15) is 40.2 Å². The molecule has 0 aromatic rings. The number of aliphatic hydroxyl groups is 14. The van der Waals surface area contributed by atoms with E-state index in [1.165, 1.54) is 0 Å². The molecule has 0 rings (SSSR count). The van der Waals surface area contributed by atoms with Gasteiger partial charge in [-0.15, -0.1) is 0 Å². The Kier molecular flexibility index (Phi) is 21.1. The zero-order valence-electron chi connectivity index (χ0n) is 17.9. The van der Waals surface area contributed by atoms with E-state index in [4.69, 9.17) is 51.1 Å². The van der Waals surface area contributed by atoms with Crippen molar-refractivity contribution < 1.29 is 91.3 Å². The van der Waals surface area contributed by atoms with Crippen LogP contribution in [0.15, 0.2) is 0 Å². The molecule has 0 aromatic carbocycles. The maximum atomic E-state index is 10.2. The average Bonchev–Trinajstić information content (AvgIpc) is 2.82. The Morgan fingerprint density at radius 3 is 0.829 bits per heavy atom. The van der Waals surface area contributed by atoms with Crippen LogP contribution in [0.1, 0.15) is 0 Å². The van der Waals surface area contributed by atoms with Gasteiger partial charge >= 0.3 is 37.7 Å². The Bertz CT molecular complexity index is 547. The summed E-state index contributed by atoms with van der Waals surface area (Å²) in [6.45, 7) is -1.85. The summed E-state index contributed by atoms with van der Waals surface area (Å²) >= 11 is 0. The van der Waals surface area contributed by atoms with Gasteiger partial charge in [-0.1, -0.05) is 0 Å². The standard InChI is InChI=1S/2C8H16O9.Ca/c2*9-1-2(10)3(11)4(12)5(13)6(14)7(15)8(16)17;/h2*2-7,9-15H,1H2,(H,16,17);/q;;+2/p-2/t2*2-,3+,4-,5+,6+,7+;/m00./s1. The SMILES string of the molecule is O=C([O-])[C@H](O)[C@H](O)[C@H](O)[C@@H](O)[C@H](O)[C@@H](O)CO.O=C([O-])[C@H](O)[C@H](O)[C@H](O)[C@@H](O)[C@H](O)[C@@H](O)CO.[Ca+2]. The Morgan fingerprint density at radius 1 is 0.457 bits per heavy atom. The molecule has 14 N–H and O–H groups in total. The molecule has 0 aliphatic rings. The van der Waals surface area contributed by atoms with Crippen LogP contribution in [0.25, 0.3) is 0 Å². The first-order valence-corrected chi connectivity index (χ1v) is 9.27. The van der Waals surface area contributed by atoms with Crippen molar-refractivity contribution in [2.75, 3.05) is 13.2 Å². The number of carboxylic acid groups (broad SMARTS) is 2. The maximum absolute atomic E-state index is 10.2. The molecular weight excluding hydrogens is 520 g/mol. The summed E-state index contributed by atoms with van der Waals surface area (Å²) in [5.41, 5.74) is 0. The molecule has 0 saturated carbocycles. The van der Waals surface area contributed by atoms with Crippen LogP contribution in [0.5, 0.6) is 0 Å². The number of hydrogen-bond donors (Lipinski definition) is 14. The predicted octanol–water partition coefficient (Wildman–Crippen LogP) is -12.6. The first kappa shape index (κ1) is 39.2. The Balaban J connectivity index is -0.000000569. The first-order chi connectivity index (χ1) is 15.5. The van der Waals surface area contributed by atoms with Crippen LogP contribution < -0.4 is 10.2 Å². The summed E-state index contributed by atoms with van der Waals surface area (Å²) in [4.78, 5) is 20.3. The van der Waals surface area contributed by atoms with Gasteiger partial charge in [-0.25, -0.2) is 0 Å². The van der Waals surface area contributed by atoms with Crippen molar-refractivity contribution >= 4 is 49.7 Å². The van der Waals surface area contributed by atoms with Crippen molar-refractivity contribution in [3.05, 3.63) is 0 Å². The molecule has 0 amide bonds. The van der Waals surface area contributed by atoms with E-state index in [-0.39, 0.29) is 37.7 Å². The van der Waals surface area contributed by atoms with Crippen LogP contribution >= 0.6 is 0 Å². The fraction of sp³-hybridized carbons (Fsp3) is 0.875. The molecule has 0 aromatic heterocycles. The molecule has 0 radical (unpaired) electrons. The minimum atomic E-state index is -2.47. The number of rotatable bonds is 14. The van der Waals surface area contributed by atoms with Gasteiger partial charge in [-0.05, 0) is 0 Å². The fourth-order valence-electron chi connectivity index (χ4n) is 2.13. The van der Waals surface area contributed by atoms with Crippen LogP contribution in [-0.4, -0.2) is 208 Å². The molecule has 204 valence electrons. The third-order valence-corrected chi connectivity index (χ3v) is 4.39. The molecule has 0 spiro atoms. The number of hydrogen-bond acceptors (Lipinski definition) is 18. The molecule has 0 fully saturated rings. The molecular formula is C16H30CaO18. The number of aliphatic hydroxyl groups excluding tert-OH is 14. The van der Waals surface area contributed by atoms with Gasteiger partial charge in [-0.3, -0.25) is 0 Å². The quantitative estimate of drug-likeness (QED) is 0.0892. The van der Waals surface area contributed by atoms with Gasteiger partial charge in [0.1, 0.15) is 73.2 Å². The largest absolute Gasteiger partial charge is 2.00 e. The number of aliphatic carboxylic acids is 2. The van der Waals surface area contributed by atoms with Gasteiger partial charge in [0.25, 0.3) is 0 Å². The summed E-state index contributed by atoms with van der Waals surface area (Å²) in [6.07, 6.45) is -26.1. The average molecular weight is 550 g/mol. The van der Waals surface area contributed by atoms with Crippen molar-refractivity contribution in [2.45, 2.75) is 73.2 Å². The van der Waals surface area contributed by atoms with Crippen LogP contribution in [0.3, 0.4) is 0 Å². The van der Waals surface area contributed by atoms with Crippen LogP contribution in [0.4, 0.5) is 0 Å². The number of carboxylic acids is 2. The van der Waals surface area contributed by atoms with E-state index in [0.717, 1.165) is 0 Å². The summed E-state index contributed by atoms with van der Waals surface area (Å²) in [5.74, 6) is -4.16. The Labute approximate surface area is 226 Å². The van der Waals surface area contributed by atoms with Crippen LogP contribution in [0, 0.1) is 0 Å². The molecule has 0 aliphatic heterocycles. The van der Waals surface area contributed by atoms with Gasteiger partial charge in [0.05, 0.1) is 25.2 Å². The summed E-state index contributed by atoms with van der Waals surface area (Å²) in [7, 11) is 0. The predicted molar refractivity (Wildman–Crippen MR) is 102 cm³/mol. The zero-order chi connectivity index (χ0) is 27.5. The third-order valence-electron chi connectivity index (χ3n) is 4.39. The van der Waals surface area contributed by atoms with Gasteiger partial charge in [0.2, 0.25) is 0 Å². The van der Waals surface area contributed by atoms with E-state index in [0.29, 0.717) is 0 Å². The summed E-state index contributed by atoms with van der Waals surface area (Å²) < 4.78 is 0. The molecule has 0 heterocycles. The van der Waals surface area contributed by atoms with Crippen molar-refractivity contribution in [1.82, 2.24) is 0 Å². The minimum Gasteiger partial charge on any atom is -0.547 e. The van der Waals surface area contributed by atoms with Crippen molar-refractivity contribution in [2.24, 2.45) is 0 Å². The molecule has 18 nitrogen and oxygen atoms in total. The zero-order valence-corrected chi connectivity index (χ0v) is 20.2. The van der Waals surface area contributed by atoms with Crippen molar-refractivity contribution in [3.63, 3.8) is 0 Å². The summed E-state index contributed by atoms with van der Waals surface area (Å²) in [5, 5.41) is 146. The molecule has 35 heavy (non-hydrogen) atoms. The monoisotopic (exact) mass is 550 g/mol. The smallest absolute Gasteiger partial charge is 0.547 e. The topological polar surface area (TPSA) is 363 Å². The van der Waals surface area contributed by atoms with Crippen LogP contribution in [0.2, 0.25) is 0 Å². The molecule has 0 bridgehead atoms.